The van der Waals surface area contributed by atoms with Gasteiger partial charge in [-0.05, 0) is 51.3 Å². The monoisotopic (exact) mass is 491 g/mol. The van der Waals surface area contributed by atoms with Crippen LogP contribution in [-0.2, 0) is 9.53 Å². The number of rotatable bonds is 10. The molecular weight excluding hydrogens is 453 g/mol. The third-order valence-electron chi connectivity index (χ3n) is 5.68. The number of nitrogens with zero attached hydrogens (tertiary/aromatic N) is 3. The lowest BCUT2D eigenvalue weighted by molar-refractivity contribution is -0.114. The van der Waals surface area contributed by atoms with Crippen LogP contribution in [0.4, 0.5) is 14.9 Å². The molecule has 0 spiro atoms. The van der Waals surface area contributed by atoms with Gasteiger partial charge in [-0.25, -0.2) is 14.2 Å². The number of amidine groups is 1. The summed E-state index contributed by atoms with van der Waals surface area (Å²) in [6.07, 6.45) is 1.66. The Labute approximate surface area is 206 Å². The Bertz CT molecular complexity index is 932. The number of aliphatic imine (C=N–C) groups is 1. The van der Waals surface area contributed by atoms with Crippen LogP contribution < -0.4 is 22.5 Å². The van der Waals surface area contributed by atoms with Crippen LogP contribution in [-0.4, -0.2) is 80.6 Å². The Morgan fingerprint density at radius 3 is 2.51 bits per heavy atom. The van der Waals surface area contributed by atoms with Crippen molar-refractivity contribution in [3.05, 3.63) is 41.9 Å². The van der Waals surface area contributed by atoms with Crippen LogP contribution in [0.2, 0.25) is 0 Å². The van der Waals surface area contributed by atoms with Crippen molar-refractivity contribution in [2.45, 2.75) is 26.3 Å². The molecule has 7 N–H and O–H groups in total. The standard InChI is InChI=1S/C24H38FN7O3/c1-24(2,14-31(3)4)15-35-23(34)32-10-9-20(16(11-26)13-32)29-12-19(22(28)33)21(27)30-18-7-5-17(25)6-8-18/h5-8,12,16,20,29H,9-11,13-15,26H2,1-4H3,(H2,27,30)(H2,28,33)/b19-12+/t16-,20-/m1/s1. The molecule has 0 aliphatic carbocycles. The minimum absolute atomic E-state index is 0.00457. The van der Waals surface area contributed by atoms with Gasteiger partial charge in [-0.2, -0.15) is 0 Å². The molecule has 1 fully saturated rings. The zero-order valence-corrected chi connectivity index (χ0v) is 21.0. The number of nitrogens with two attached hydrogens (primary N) is 3. The van der Waals surface area contributed by atoms with E-state index in [0.717, 1.165) is 6.54 Å². The van der Waals surface area contributed by atoms with Crippen molar-refractivity contribution in [2.24, 2.45) is 33.5 Å². The highest BCUT2D eigenvalue weighted by atomic mass is 19.1. The normalized spacial score (nSPS) is 19.6. The number of piperidine rings is 1. The van der Waals surface area contributed by atoms with Gasteiger partial charge in [0.15, 0.2) is 0 Å². The Kier molecular flexibility index (Phi) is 10.0. The van der Waals surface area contributed by atoms with E-state index in [1.54, 1.807) is 4.90 Å². The molecule has 0 aromatic heterocycles. The van der Waals surface area contributed by atoms with Crippen LogP contribution in [0.3, 0.4) is 0 Å². The maximum atomic E-state index is 13.1. The predicted molar refractivity (Wildman–Crippen MR) is 134 cm³/mol. The van der Waals surface area contributed by atoms with Crippen molar-refractivity contribution < 1.29 is 18.7 Å². The third kappa shape index (κ3) is 8.84. The predicted octanol–water partition coefficient (Wildman–Crippen LogP) is 1.15. The van der Waals surface area contributed by atoms with E-state index in [0.29, 0.717) is 38.3 Å². The molecule has 35 heavy (non-hydrogen) atoms. The van der Waals surface area contributed by atoms with E-state index in [1.807, 2.05) is 27.9 Å². The van der Waals surface area contributed by atoms with Gasteiger partial charge in [0.1, 0.15) is 11.7 Å². The van der Waals surface area contributed by atoms with Gasteiger partial charge in [0.05, 0.1) is 17.9 Å². The lowest BCUT2D eigenvalue weighted by Crippen LogP contribution is -2.53. The molecule has 10 nitrogen and oxygen atoms in total. The molecule has 1 heterocycles. The lowest BCUT2D eigenvalue weighted by Gasteiger charge is -2.38. The Balaban J connectivity index is 2.01. The van der Waals surface area contributed by atoms with E-state index in [4.69, 9.17) is 21.9 Å². The van der Waals surface area contributed by atoms with Gasteiger partial charge >= 0.3 is 6.09 Å². The SMILES string of the molecule is CN(C)CC(C)(C)COC(=O)N1CC[C@@H](N/C=C(/C(N)=O)C(N)=Nc2ccc(F)cc2)[C@H](CN)C1. The van der Waals surface area contributed by atoms with Crippen molar-refractivity contribution in [3.63, 3.8) is 0 Å². The van der Waals surface area contributed by atoms with E-state index in [-0.39, 0.29) is 34.9 Å². The number of carbonyl (C=O) groups excluding carboxylic acids is 2. The second-order valence-corrected chi connectivity index (χ2v) is 9.86. The Morgan fingerprint density at radius 2 is 1.94 bits per heavy atom. The molecule has 0 bridgehead atoms. The van der Waals surface area contributed by atoms with Crippen molar-refractivity contribution in [1.82, 2.24) is 15.1 Å². The van der Waals surface area contributed by atoms with Gasteiger partial charge in [0.2, 0.25) is 0 Å². The van der Waals surface area contributed by atoms with Gasteiger partial charge in [0.25, 0.3) is 5.91 Å². The van der Waals surface area contributed by atoms with E-state index in [2.05, 4.69) is 15.2 Å². The second-order valence-electron chi connectivity index (χ2n) is 9.86. The van der Waals surface area contributed by atoms with E-state index >= 15 is 0 Å². The van der Waals surface area contributed by atoms with E-state index in [9.17, 15) is 14.0 Å². The van der Waals surface area contributed by atoms with Crippen molar-refractivity contribution in [1.29, 1.82) is 0 Å². The second kappa shape index (κ2) is 12.5. The number of benzene rings is 1. The molecule has 1 aliphatic rings. The first kappa shape index (κ1) is 28.1. The summed E-state index contributed by atoms with van der Waals surface area (Å²) in [6, 6.07) is 5.25. The molecular formula is C24H38FN7O3. The number of ether oxygens (including phenoxy) is 1. The molecule has 194 valence electrons. The highest BCUT2D eigenvalue weighted by Gasteiger charge is 2.32. The van der Waals surface area contributed by atoms with Crippen LogP contribution in [0.5, 0.6) is 0 Å². The van der Waals surface area contributed by atoms with Crippen molar-refractivity contribution >= 4 is 23.5 Å². The minimum Gasteiger partial charge on any atom is -0.449 e. The summed E-state index contributed by atoms with van der Waals surface area (Å²) >= 11 is 0. The molecule has 0 saturated carbocycles. The average Bonchev–Trinajstić information content (AvgIpc) is 2.78. The summed E-state index contributed by atoms with van der Waals surface area (Å²) in [7, 11) is 3.96. The van der Waals surface area contributed by atoms with Gasteiger partial charge in [0, 0.05) is 43.2 Å². The van der Waals surface area contributed by atoms with Crippen LogP contribution in [0.25, 0.3) is 0 Å². The van der Waals surface area contributed by atoms with Crippen LogP contribution >= 0.6 is 0 Å². The first-order chi connectivity index (χ1) is 16.4. The zero-order valence-electron chi connectivity index (χ0n) is 21.0. The summed E-state index contributed by atoms with van der Waals surface area (Å²) in [4.78, 5) is 32.5. The van der Waals surface area contributed by atoms with Gasteiger partial charge in [-0.3, -0.25) is 4.79 Å². The minimum atomic E-state index is -0.758. The number of amides is 2. The van der Waals surface area contributed by atoms with E-state index in [1.165, 1.54) is 30.5 Å². The molecule has 2 rings (SSSR count). The average molecular weight is 492 g/mol. The molecule has 2 atom stereocenters. The van der Waals surface area contributed by atoms with Crippen LogP contribution in [0, 0.1) is 17.2 Å². The largest absolute Gasteiger partial charge is 0.449 e. The fraction of sp³-hybridized carbons (Fsp3) is 0.542. The number of primary amides is 1. The number of hydrogen-bond donors (Lipinski definition) is 4. The van der Waals surface area contributed by atoms with Crippen molar-refractivity contribution in [2.75, 3.05) is 46.9 Å². The lowest BCUT2D eigenvalue weighted by atomic mass is 9.92. The van der Waals surface area contributed by atoms with Crippen LogP contribution in [0.1, 0.15) is 20.3 Å². The highest BCUT2D eigenvalue weighted by Crippen LogP contribution is 2.21. The molecule has 1 saturated heterocycles. The third-order valence-corrected chi connectivity index (χ3v) is 5.68. The number of likely N-dealkylation sites (tertiary alicyclic amines) is 1. The molecule has 11 heteroatoms. The number of hydrogen-bond acceptors (Lipinski definition) is 7. The van der Waals surface area contributed by atoms with Gasteiger partial charge in [-0.1, -0.05) is 13.8 Å². The Hall–Kier alpha value is -3.18. The molecule has 0 radical (unpaired) electrons. The maximum absolute atomic E-state index is 13.1. The fourth-order valence-corrected chi connectivity index (χ4v) is 4.08. The van der Waals surface area contributed by atoms with Crippen LogP contribution in [0.15, 0.2) is 41.0 Å². The molecule has 1 aromatic carbocycles. The topological polar surface area (TPSA) is 152 Å². The summed E-state index contributed by atoms with van der Waals surface area (Å²) in [5, 5.41) is 3.17. The summed E-state index contributed by atoms with van der Waals surface area (Å²) in [6.45, 7) is 6.42. The van der Waals surface area contributed by atoms with Gasteiger partial charge < -0.3 is 37.1 Å². The summed E-state index contributed by atoms with van der Waals surface area (Å²) < 4.78 is 18.7. The van der Waals surface area contributed by atoms with Crippen molar-refractivity contribution in [3.8, 4) is 0 Å². The summed E-state index contributed by atoms with van der Waals surface area (Å²) in [5.41, 5.74) is 17.7. The Morgan fingerprint density at radius 1 is 1.29 bits per heavy atom. The number of nitrogens with one attached hydrogen (secondary N) is 1. The zero-order chi connectivity index (χ0) is 26.2. The maximum Gasteiger partial charge on any atom is 0.409 e. The fourth-order valence-electron chi connectivity index (χ4n) is 4.08. The van der Waals surface area contributed by atoms with Gasteiger partial charge in [-0.15, -0.1) is 0 Å². The molecule has 1 aromatic rings. The highest BCUT2D eigenvalue weighted by molar-refractivity contribution is 6.20. The molecule has 1 aliphatic heterocycles. The molecule has 2 amide bonds. The number of carbonyl (C=O) groups is 2. The first-order valence-electron chi connectivity index (χ1n) is 11.5. The molecule has 0 unspecified atom stereocenters. The smallest absolute Gasteiger partial charge is 0.409 e. The number of halogens is 1. The summed E-state index contributed by atoms with van der Waals surface area (Å²) in [5.74, 6) is -1.34. The van der Waals surface area contributed by atoms with E-state index < -0.39 is 11.7 Å². The first-order valence-corrected chi connectivity index (χ1v) is 11.5. The quantitative estimate of drug-likeness (QED) is 0.218.